The maximum atomic E-state index is 12.0. The van der Waals surface area contributed by atoms with Crippen LogP contribution in [0.15, 0.2) is 60.7 Å². The van der Waals surface area contributed by atoms with Crippen LogP contribution < -0.4 is 5.32 Å². The van der Waals surface area contributed by atoms with Gasteiger partial charge in [-0.05, 0) is 17.5 Å². The highest BCUT2D eigenvalue weighted by Crippen LogP contribution is 2.19. The van der Waals surface area contributed by atoms with Gasteiger partial charge in [-0.1, -0.05) is 60.7 Å². The zero-order chi connectivity index (χ0) is 16.5. The van der Waals surface area contributed by atoms with E-state index < -0.39 is 6.10 Å². The number of rotatable bonds is 8. The van der Waals surface area contributed by atoms with Crippen LogP contribution in [0.4, 0.5) is 0 Å². The maximum absolute atomic E-state index is 12.0. The summed E-state index contributed by atoms with van der Waals surface area (Å²) in [5, 5.41) is 22.1. The van der Waals surface area contributed by atoms with Crippen molar-refractivity contribution in [3.8, 4) is 0 Å². The normalized spacial score (nSPS) is 13.3. The summed E-state index contributed by atoms with van der Waals surface area (Å²) in [6.45, 7) is 0.521. The quantitative estimate of drug-likeness (QED) is 0.701. The molecule has 0 fully saturated rings. The summed E-state index contributed by atoms with van der Waals surface area (Å²) < 4.78 is 0. The Morgan fingerprint density at radius 2 is 1.52 bits per heavy atom. The molecule has 0 aromatic heterocycles. The first-order valence-electron chi connectivity index (χ1n) is 7.86. The molecule has 122 valence electrons. The SMILES string of the molecule is O=C(CC(O)c1ccccc1)NCC(CCO)c1ccccc1. The minimum absolute atomic E-state index is 0.0324. The molecule has 2 aromatic carbocycles. The van der Waals surface area contributed by atoms with Crippen molar-refractivity contribution in [1.82, 2.24) is 5.32 Å². The number of nitrogens with one attached hydrogen (secondary N) is 1. The van der Waals surface area contributed by atoms with Gasteiger partial charge in [-0.15, -0.1) is 0 Å². The average Bonchev–Trinajstić information content (AvgIpc) is 2.60. The van der Waals surface area contributed by atoms with E-state index in [1.807, 2.05) is 48.5 Å². The zero-order valence-electron chi connectivity index (χ0n) is 13.1. The van der Waals surface area contributed by atoms with Gasteiger partial charge in [-0.25, -0.2) is 0 Å². The fourth-order valence-electron chi connectivity index (χ4n) is 2.55. The molecule has 4 heteroatoms. The number of carbonyl (C=O) groups is 1. The van der Waals surface area contributed by atoms with Gasteiger partial charge in [0.25, 0.3) is 0 Å². The van der Waals surface area contributed by atoms with Crippen molar-refractivity contribution in [3.63, 3.8) is 0 Å². The third-order valence-corrected chi connectivity index (χ3v) is 3.86. The highest BCUT2D eigenvalue weighted by Gasteiger charge is 2.15. The number of hydrogen-bond donors (Lipinski definition) is 3. The summed E-state index contributed by atoms with van der Waals surface area (Å²) in [5.74, 6) is -0.126. The molecule has 1 amide bonds. The van der Waals surface area contributed by atoms with Crippen LogP contribution in [0.2, 0.25) is 0 Å². The van der Waals surface area contributed by atoms with Gasteiger partial charge in [0.1, 0.15) is 0 Å². The van der Waals surface area contributed by atoms with Crippen molar-refractivity contribution >= 4 is 5.91 Å². The van der Waals surface area contributed by atoms with Crippen molar-refractivity contribution in [2.24, 2.45) is 0 Å². The van der Waals surface area contributed by atoms with Crippen LogP contribution >= 0.6 is 0 Å². The number of aliphatic hydroxyl groups is 2. The molecule has 0 heterocycles. The summed E-state index contributed by atoms with van der Waals surface area (Å²) in [6, 6.07) is 19.0. The standard InChI is InChI=1S/C19H23NO3/c21-12-11-17(15-7-3-1-4-8-15)14-20-19(23)13-18(22)16-9-5-2-6-10-16/h1-10,17-18,21-22H,11-14H2,(H,20,23). The molecule has 0 aliphatic carbocycles. The number of hydrogen-bond acceptors (Lipinski definition) is 3. The summed E-state index contributed by atoms with van der Waals surface area (Å²) in [6.07, 6.45) is -0.180. The first-order valence-corrected chi connectivity index (χ1v) is 7.86. The predicted octanol–water partition coefficient (Wildman–Crippen LogP) is 2.39. The number of amides is 1. The average molecular weight is 313 g/mol. The Morgan fingerprint density at radius 3 is 2.09 bits per heavy atom. The van der Waals surface area contributed by atoms with Crippen molar-refractivity contribution in [3.05, 3.63) is 71.8 Å². The molecule has 0 spiro atoms. The Morgan fingerprint density at radius 1 is 0.957 bits per heavy atom. The lowest BCUT2D eigenvalue weighted by Gasteiger charge is -2.18. The first kappa shape index (κ1) is 17.2. The predicted molar refractivity (Wildman–Crippen MR) is 89.9 cm³/mol. The molecular formula is C19H23NO3. The lowest BCUT2D eigenvalue weighted by molar-refractivity contribution is -0.123. The summed E-state index contributed by atoms with van der Waals surface area (Å²) in [4.78, 5) is 12.0. The van der Waals surface area contributed by atoms with Gasteiger partial charge in [0.2, 0.25) is 5.91 Å². The molecule has 2 aromatic rings. The molecule has 2 rings (SSSR count). The Bertz CT molecular complexity index is 586. The first-order chi connectivity index (χ1) is 11.2. The van der Waals surface area contributed by atoms with Crippen LogP contribution in [0.25, 0.3) is 0 Å². The Labute approximate surface area is 136 Å². The Kier molecular flexibility index (Phi) is 6.78. The molecular weight excluding hydrogens is 290 g/mol. The molecule has 2 unspecified atom stereocenters. The van der Waals surface area contributed by atoms with Gasteiger partial charge in [-0.2, -0.15) is 0 Å². The molecule has 4 nitrogen and oxygen atoms in total. The second-order valence-corrected chi connectivity index (χ2v) is 5.55. The van der Waals surface area contributed by atoms with E-state index in [2.05, 4.69) is 5.32 Å². The van der Waals surface area contributed by atoms with Crippen LogP contribution in [0.3, 0.4) is 0 Å². The van der Waals surface area contributed by atoms with E-state index in [1.165, 1.54) is 0 Å². The fourth-order valence-corrected chi connectivity index (χ4v) is 2.55. The van der Waals surface area contributed by atoms with Crippen molar-refractivity contribution in [1.29, 1.82) is 0 Å². The smallest absolute Gasteiger partial charge is 0.222 e. The molecule has 0 bridgehead atoms. The van der Waals surface area contributed by atoms with E-state index in [0.29, 0.717) is 13.0 Å². The third kappa shape index (κ3) is 5.51. The Hall–Kier alpha value is -2.17. The third-order valence-electron chi connectivity index (χ3n) is 3.86. The molecule has 0 saturated carbocycles. The van der Waals surface area contributed by atoms with Gasteiger partial charge < -0.3 is 15.5 Å². The topological polar surface area (TPSA) is 69.6 Å². The van der Waals surface area contributed by atoms with Crippen LogP contribution in [-0.2, 0) is 4.79 Å². The molecule has 3 N–H and O–H groups in total. The van der Waals surface area contributed by atoms with Crippen molar-refractivity contribution < 1.29 is 15.0 Å². The van der Waals surface area contributed by atoms with Gasteiger partial charge in [0.15, 0.2) is 0 Å². The molecule has 0 aliphatic heterocycles. The van der Waals surface area contributed by atoms with Gasteiger partial charge in [0, 0.05) is 19.1 Å². The second kappa shape index (κ2) is 9.08. The van der Waals surface area contributed by atoms with Crippen molar-refractivity contribution in [2.75, 3.05) is 13.2 Å². The zero-order valence-corrected chi connectivity index (χ0v) is 13.1. The molecule has 2 atom stereocenters. The van der Waals surface area contributed by atoms with Gasteiger partial charge >= 0.3 is 0 Å². The molecule has 0 aliphatic rings. The van der Waals surface area contributed by atoms with Gasteiger partial charge in [0.05, 0.1) is 12.5 Å². The molecule has 23 heavy (non-hydrogen) atoms. The van der Waals surface area contributed by atoms with E-state index in [-0.39, 0.29) is 24.9 Å². The fraction of sp³-hybridized carbons (Fsp3) is 0.316. The largest absolute Gasteiger partial charge is 0.396 e. The van der Waals surface area contributed by atoms with E-state index in [0.717, 1.165) is 11.1 Å². The van der Waals surface area contributed by atoms with E-state index in [4.69, 9.17) is 0 Å². The van der Waals surface area contributed by atoms with Crippen molar-refractivity contribution in [2.45, 2.75) is 24.9 Å². The number of benzene rings is 2. The minimum Gasteiger partial charge on any atom is -0.396 e. The van der Waals surface area contributed by atoms with Crippen LogP contribution in [0, 0.1) is 0 Å². The summed E-state index contributed by atoms with van der Waals surface area (Å²) in [5.41, 5.74) is 1.82. The molecule has 0 radical (unpaired) electrons. The van der Waals surface area contributed by atoms with E-state index in [9.17, 15) is 15.0 Å². The highest BCUT2D eigenvalue weighted by atomic mass is 16.3. The minimum atomic E-state index is -0.802. The maximum Gasteiger partial charge on any atom is 0.222 e. The summed E-state index contributed by atoms with van der Waals surface area (Å²) >= 11 is 0. The monoisotopic (exact) mass is 313 g/mol. The van der Waals surface area contributed by atoms with E-state index in [1.54, 1.807) is 12.1 Å². The number of aliphatic hydroxyl groups excluding tert-OH is 2. The molecule has 0 saturated heterocycles. The highest BCUT2D eigenvalue weighted by molar-refractivity contribution is 5.76. The second-order valence-electron chi connectivity index (χ2n) is 5.55. The lowest BCUT2D eigenvalue weighted by Crippen LogP contribution is -2.30. The van der Waals surface area contributed by atoms with Crippen LogP contribution in [-0.4, -0.2) is 29.3 Å². The van der Waals surface area contributed by atoms with E-state index >= 15 is 0 Å². The summed E-state index contributed by atoms with van der Waals surface area (Å²) in [7, 11) is 0. The van der Waals surface area contributed by atoms with Crippen LogP contribution in [0.5, 0.6) is 0 Å². The van der Waals surface area contributed by atoms with Crippen LogP contribution in [0.1, 0.15) is 36.0 Å². The number of carbonyl (C=O) groups excluding carboxylic acids is 1. The lowest BCUT2D eigenvalue weighted by atomic mass is 9.96. The Balaban J connectivity index is 1.87. The van der Waals surface area contributed by atoms with Gasteiger partial charge in [-0.3, -0.25) is 4.79 Å².